The van der Waals surface area contributed by atoms with Crippen LogP contribution < -0.4 is 10.2 Å². The second-order valence-electron chi connectivity index (χ2n) is 7.00. The molecule has 22 heavy (non-hydrogen) atoms. The summed E-state index contributed by atoms with van der Waals surface area (Å²) in [7, 11) is 13.3. The van der Waals surface area contributed by atoms with Gasteiger partial charge in [-0.3, -0.25) is 0 Å². The molecule has 0 aliphatic heterocycles. The van der Waals surface area contributed by atoms with Crippen LogP contribution in [0, 0.1) is 0 Å². The Morgan fingerprint density at radius 3 is 1.00 bits per heavy atom. The summed E-state index contributed by atoms with van der Waals surface area (Å²) < 4.78 is 2.19. The number of hydrogen-bond acceptors (Lipinski definition) is 4. The fourth-order valence-electron chi connectivity index (χ4n) is 1.48. The van der Waals surface area contributed by atoms with E-state index in [1.807, 2.05) is 0 Å². The van der Waals surface area contributed by atoms with Gasteiger partial charge in [0.2, 0.25) is 0 Å². The van der Waals surface area contributed by atoms with E-state index in [2.05, 4.69) is 56.1 Å². The van der Waals surface area contributed by atoms with Gasteiger partial charge in [-0.1, -0.05) is 13.8 Å². The zero-order valence-corrected chi connectivity index (χ0v) is 15.5. The van der Waals surface area contributed by atoms with E-state index in [-0.39, 0.29) is 0 Å². The fourth-order valence-corrected chi connectivity index (χ4v) is 1.48. The Morgan fingerprint density at radius 1 is 0.727 bits per heavy atom. The van der Waals surface area contributed by atoms with Gasteiger partial charge in [-0.25, -0.2) is 0 Å². The van der Waals surface area contributed by atoms with Gasteiger partial charge >= 0.3 is 0 Å². The smallest absolute Gasteiger partial charge is 0.0777 e. The lowest BCUT2D eigenvalue weighted by molar-refractivity contribution is -0.870. The Balaban J connectivity index is -0.000000247. The Labute approximate surface area is 135 Å². The maximum Gasteiger partial charge on any atom is 0.0777 e. The van der Waals surface area contributed by atoms with Crippen LogP contribution in [0.3, 0.4) is 0 Å². The van der Waals surface area contributed by atoms with Gasteiger partial charge in [-0.2, -0.15) is 0 Å². The third-order valence-electron chi connectivity index (χ3n) is 2.14. The molecular formula is C16H34N2O4. The molecule has 0 atom stereocenters. The second kappa shape index (κ2) is 13.3. The molecule has 0 bridgehead atoms. The van der Waals surface area contributed by atoms with E-state index in [1.54, 1.807) is 0 Å². The van der Waals surface area contributed by atoms with E-state index >= 15 is 0 Å². The molecule has 0 spiro atoms. The molecule has 0 unspecified atom stereocenters. The van der Waals surface area contributed by atoms with E-state index in [1.165, 1.54) is 25.9 Å². The predicted octanol–water partition coefficient (Wildman–Crippen LogP) is -0.752. The summed E-state index contributed by atoms with van der Waals surface area (Å²) in [6.45, 7) is 6.98. The molecule has 0 aromatic carbocycles. The van der Waals surface area contributed by atoms with Crippen molar-refractivity contribution in [1.82, 2.24) is 0 Å². The number of carboxylic acids is 2. The Bertz CT molecular complexity index is 294. The molecule has 0 saturated heterocycles. The van der Waals surface area contributed by atoms with E-state index in [4.69, 9.17) is 0 Å². The van der Waals surface area contributed by atoms with Gasteiger partial charge in [-0.15, -0.1) is 0 Å². The molecule has 0 amide bonds. The van der Waals surface area contributed by atoms with Crippen molar-refractivity contribution in [1.29, 1.82) is 0 Å². The predicted molar refractivity (Wildman–Crippen MR) is 85.5 cm³/mol. The minimum Gasteiger partial charge on any atom is -0.545 e. The Hall–Kier alpha value is -1.40. The second-order valence-corrected chi connectivity index (χ2v) is 7.00. The molecule has 0 saturated carbocycles. The van der Waals surface area contributed by atoms with Crippen LogP contribution in [0.2, 0.25) is 0 Å². The zero-order valence-electron chi connectivity index (χ0n) is 15.5. The van der Waals surface area contributed by atoms with Crippen LogP contribution in [0.15, 0.2) is 12.2 Å². The number of nitrogens with zero attached hydrogens (tertiary/aromatic N) is 2. The molecule has 132 valence electrons. The van der Waals surface area contributed by atoms with Gasteiger partial charge < -0.3 is 28.8 Å². The van der Waals surface area contributed by atoms with Crippen LogP contribution in [-0.4, -0.2) is 76.3 Å². The number of rotatable bonds is 6. The fraction of sp³-hybridized carbons (Fsp3) is 0.750. The molecule has 0 rings (SSSR count). The van der Waals surface area contributed by atoms with Crippen LogP contribution in [0.4, 0.5) is 0 Å². The highest BCUT2D eigenvalue weighted by Gasteiger charge is 2.01. The standard InChI is InChI=1S/2C6H16N.C4H4O4/c2*1-5-6-7(2,3)4;5-3(6)1-2-4(7)8/h2*5-6H2,1-4H3;1-2H,(H,5,6)(H,7,8)/q2*+1;/p-2/b;;2-1+. The normalized spacial score (nSPS) is 11.1. The average molecular weight is 318 g/mol. The quantitative estimate of drug-likeness (QED) is 0.477. The molecular weight excluding hydrogens is 284 g/mol. The molecule has 0 aromatic heterocycles. The van der Waals surface area contributed by atoms with Gasteiger partial charge in [0.15, 0.2) is 0 Å². The van der Waals surface area contributed by atoms with Crippen LogP contribution in [-0.2, 0) is 9.59 Å². The van der Waals surface area contributed by atoms with Crippen LogP contribution in [0.1, 0.15) is 26.7 Å². The van der Waals surface area contributed by atoms with Gasteiger partial charge in [0, 0.05) is 0 Å². The van der Waals surface area contributed by atoms with Crippen molar-refractivity contribution in [3.05, 3.63) is 12.2 Å². The Morgan fingerprint density at radius 2 is 0.955 bits per heavy atom. The molecule has 0 heterocycles. The van der Waals surface area contributed by atoms with Gasteiger partial charge in [-0.05, 0) is 25.0 Å². The third kappa shape index (κ3) is 42.8. The van der Waals surface area contributed by atoms with Crippen molar-refractivity contribution in [3.8, 4) is 0 Å². The number of carbonyl (C=O) groups excluding carboxylic acids is 2. The summed E-state index contributed by atoms with van der Waals surface area (Å²) in [4.78, 5) is 18.8. The summed E-state index contributed by atoms with van der Waals surface area (Å²) in [6.07, 6.45) is 3.33. The number of quaternary nitrogens is 2. The van der Waals surface area contributed by atoms with Gasteiger partial charge in [0.1, 0.15) is 0 Å². The molecule has 0 aromatic rings. The summed E-state index contributed by atoms with van der Waals surface area (Å²) in [5.74, 6) is -3.09. The molecule has 0 fully saturated rings. The van der Waals surface area contributed by atoms with Crippen LogP contribution in [0.25, 0.3) is 0 Å². The largest absolute Gasteiger partial charge is 0.545 e. The molecule has 0 radical (unpaired) electrons. The highest BCUT2D eigenvalue weighted by atomic mass is 16.4. The lowest BCUT2D eigenvalue weighted by atomic mass is 10.4. The zero-order chi connectivity index (χ0) is 18.4. The first-order valence-corrected chi connectivity index (χ1v) is 7.46. The number of carboxylic acid groups (broad SMARTS) is 2. The van der Waals surface area contributed by atoms with Crippen LogP contribution >= 0.6 is 0 Å². The van der Waals surface area contributed by atoms with E-state index < -0.39 is 11.9 Å². The number of hydrogen-bond donors (Lipinski definition) is 0. The van der Waals surface area contributed by atoms with Crippen LogP contribution in [0.5, 0.6) is 0 Å². The first kappa shape index (κ1) is 25.5. The van der Waals surface area contributed by atoms with Gasteiger partial charge in [0.05, 0.1) is 67.3 Å². The summed E-state index contributed by atoms with van der Waals surface area (Å²) in [6, 6.07) is 0. The highest BCUT2D eigenvalue weighted by molar-refractivity contribution is 5.87. The van der Waals surface area contributed by atoms with Crippen molar-refractivity contribution < 1.29 is 28.8 Å². The summed E-state index contributed by atoms with van der Waals surface area (Å²) >= 11 is 0. The molecule has 6 heteroatoms. The van der Waals surface area contributed by atoms with Crippen molar-refractivity contribution in [2.75, 3.05) is 55.4 Å². The van der Waals surface area contributed by atoms with Crippen molar-refractivity contribution >= 4 is 11.9 Å². The summed E-state index contributed by atoms with van der Waals surface area (Å²) in [5, 5.41) is 18.8. The average Bonchev–Trinajstić information content (AvgIpc) is 2.24. The first-order chi connectivity index (χ1) is 9.75. The molecule has 0 N–H and O–H groups in total. The molecule has 6 nitrogen and oxygen atoms in total. The van der Waals surface area contributed by atoms with E-state index in [0.29, 0.717) is 12.2 Å². The van der Waals surface area contributed by atoms with E-state index in [0.717, 1.165) is 8.97 Å². The number of aliphatic carboxylic acids is 2. The van der Waals surface area contributed by atoms with Crippen molar-refractivity contribution in [2.24, 2.45) is 0 Å². The minimum absolute atomic E-state index is 0.384. The maximum atomic E-state index is 9.41. The van der Waals surface area contributed by atoms with Gasteiger partial charge in [0.25, 0.3) is 0 Å². The monoisotopic (exact) mass is 318 g/mol. The molecule has 0 aliphatic rings. The Kier molecular flexibility index (Phi) is 15.4. The topological polar surface area (TPSA) is 80.3 Å². The highest BCUT2D eigenvalue weighted by Crippen LogP contribution is 1.90. The first-order valence-electron chi connectivity index (χ1n) is 7.46. The summed E-state index contributed by atoms with van der Waals surface area (Å²) in [5.41, 5.74) is 0. The lowest BCUT2D eigenvalue weighted by Gasteiger charge is -2.22. The minimum atomic E-state index is -1.55. The van der Waals surface area contributed by atoms with Crippen molar-refractivity contribution in [2.45, 2.75) is 26.7 Å². The molecule has 0 aliphatic carbocycles. The van der Waals surface area contributed by atoms with Crippen molar-refractivity contribution in [3.63, 3.8) is 0 Å². The third-order valence-corrected chi connectivity index (χ3v) is 2.14. The SMILES string of the molecule is CCC[N+](C)(C)C.CCC[N+](C)(C)C.O=C([O-])/C=C/C(=O)[O-]. The number of carbonyl (C=O) groups is 2. The maximum absolute atomic E-state index is 9.41. The van der Waals surface area contributed by atoms with E-state index in [9.17, 15) is 19.8 Å². The lowest BCUT2D eigenvalue weighted by Crippen LogP contribution is -2.34.